The smallest absolute Gasteiger partial charge is 0.338 e. The highest BCUT2D eigenvalue weighted by atomic mass is 16.5. The van der Waals surface area contributed by atoms with Crippen molar-refractivity contribution in [3.8, 4) is 0 Å². The lowest BCUT2D eigenvalue weighted by Crippen LogP contribution is -2.33. The molecule has 0 aliphatic carbocycles. The van der Waals surface area contributed by atoms with E-state index in [4.69, 9.17) is 9.47 Å². The lowest BCUT2D eigenvalue weighted by atomic mass is 9.81. The number of nitrogens with zero attached hydrogens (tertiary/aromatic N) is 2. The Morgan fingerprint density at radius 2 is 1.66 bits per heavy atom. The van der Waals surface area contributed by atoms with E-state index in [1.165, 1.54) is 0 Å². The summed E-state index contributed by atoms with van der Waals surface area (Å²) in [5.41, 5.74) is 2.07. The number of hydrogen-bond donors (Lipinski definition) is 1. The van der Waals surface area contributed by atoms with Gasteiger partial charge in [-0.1, -0.05) is 30.3 Å². The lowest BCUT2D eigenvalue weighted by molar-refractivity contribution is -0.139. The van der Waals surface area contributed by atoms with Gasteiger partial charge in [-0.2, -0.15) is 0 Å². The molecule has 0 radical (unpaired) electrons. The fraction of sp³-hybridized carbons (Fsp3) is 0.409. The van der Waals surface area contributed by atoms with Gasteiger partial charge in [0.2, 0.25) is 0 Å². The molecular formula is C22H29N3O4. The number of benzene rings is 1. The quantitative estimate of drug-likeness (QED) is 0.535. The first-order valence-electron chi connectivity index (χ1n) is 9.69. The average Bonchev–Trinajstić information content (AvgIpc) is 2.68. The molecule has 1 aromatic carbocycles. The maximum atomic E-state index is 12.9. The molecular weight excluding hydrogens is 370 g/mol. The van der Waals surface area contributed by atoms with E-state index in [0.29, 0.717) is 29.2 Å². The van der Waals surface area contributed by atoms with E-state index < -0.39 is 17.9 Å². The second-order valence-corrected chi connectivity index (χ2v) is 6.78. The van der Waals surface area contributed by atoms with Crippen molar-refractivity contribution in [2.45, 2.75) is 26.7 Å². The van der Waals surface area contributed by atoms with Crippen LogP contribution in [0.4, 0.5) is 0 Å². The van der Waals surface area contributed by atoms with Crippen molar-refractivity contribution in [3.05, 3.63) is 58.6 Å². The van der Waals surface area contributed by atoms with Gasteiger partial charge in [-0.3, -0.25) is 0 Å². The van der Waals surface area contributed by atoms with Gasteiger partial charge < -0.3 is 19.7 Å². The summed E-state index contributed by atoms with van der Waals surface area (Å²) in [4.78, 5) is 32.2. The van der Waals surface area contributed by atoms with Crippen molar-refractivity contribution >= 4 is 18.2 Å². The first-order chi connectivity index (χ1) is 13.9. The largest absolute Gasteiger partial charge is 0.463 e. The van der Waals surface area contributed by atoms with Gasteiger partial charge in [0.05, 0.1) is 30.3 Å². The van der Waals surface area contributed by atoms with Crippen molar-refractivity contribution in [2.75, 3.05) is 33.9 Å². The molecule has 1 N–H and O–H groups in total. The first kappa shape index (κ1) is 22.4. The molecule has 0 saturated carbocycles. The number of allylic oxidation sites excluding steroid dienone is 1. The van der Waals surface area contributed by atoms with Gasteiger partial charge in [0.25, 0.3) is 0 Å². The number of hydrogen-bond acceptors (Lipinski definition) is 7. The third-order valence-corrected chi connectivity index (χ3v) is 4.33. The number of esters is 2. The molecule has 1 aromatic rings. The van der Waals surface area contributed by atoms with Crippen LogP contribution in [0.15, 0.2) is 58.0 Å². The van der Waals surface area contributed by atoms with Crippen molar-refractivity contribution in [1.29, 1.82) is 0 Å². The molecule has 29 heavy (non-hydrogen) atoms. The zero-order chi connectivity index (χ0) is 21.4. The molecule has 1 aliphatic heterocycles. The Balaban J connectivity index is 2.66. The Bertz CT molecular complexity index is 826. The molecule has 0 fully saturated rings. The summed E-state index contributed by atoms with van der Waals surface area (Å²) in [5, 5.41) is 3.11. The van der Waals surface area contributed by atoms with E-state index in [-0.39, 0.29) is 13.2 Å². The summed E-state index contributed by atoms with van der Waals surface area (Å²) in [6, 6.07) is 9.38. The van der Waals surface area contributed by atoms with Gasteiger partial charge in [0.15, 0.2) is 0 Å². The maximum Gasteiger partial charge on any atom is 0.338 e. The van der Waals surface area contributed by atoms with E-state index >= 15 is 0 Å². The van der Waals surface area contributed by atoms with E-state index in [1.807, 2.05) is 49.3 Å². The van der Waals surface area contributed by atoms with Crippen molar-refractivity contribution in [2.24, 2.45) is 4.99 Å². The van der Waals surface area contributed by atoms with Gasteiger partial charge in [-0.25, -0.2) is 14.6 Å². The maximum absolute atomic E-state index is 12.9. The molecule has 0 amide bonds. The number of dihydropyridines is 1. The second kappa shape index (κ2) is 10.6. The normalized spacial score (nSPS) is 17.0. The average molecular weight is 399 g/mol. The standard InChI is InChI=1S/C22H29N3O4/c1-6-28-21(26)17-15(3)24-20(23-13-14-25(4)5)19(22(27)29-7-2)18(17)16-11-9-8-10-12-16/h8-13,18,24H,6-7,14H2,1-5H3. The van der Waals surface area contributed by atoms with E-state index in [9.17, 15) is 9.59 Å². The molecule has 0 spiro atoms. The van der Waals surface area contributed by atoms with Crippen LogP contribution < -0.4 is 5.32 Å². The summed E-state index contributed by atoms with van der Waals surface area (Å²) in [5.74, 6) is -1.24. The number of ether oxygens (including phenoxy) is 2. The van der Waals surface area contributed by atoms with Gasteiger partial charge in [-0.15, -0.1) is 0 Å². The topological polar surface area (TPSA) is 80.2 Å². The predicted octanol–water partition coefficient (Wildman–Crippen LogP) is 2.62. The zero-order valence-electron chi connectivity index (χ0n) is 17.7. The Morgan fingerprint density at radius 1 is 1.07 bits per heavy atom. The van der Waals surface area contributed by atoms with E-state index in [1.54, 1.807) is 27.0 Å². The molecule has 0 aromatic heterocycles. The SMILES string of the molecule is CCOC(=O)C1=C(C)NC(N=CCN(C)C)=C(C(=O)OCC)C1c1ccccc1. The molecule has 1 heterocycles. The van der Waals surface area contributed by atoms with Crippen LogP contribution >= 0.6 is 0 Å². The summed E-state index contributed by atoms with van der Waals surface area (Å²) in [6.45, 7) is 6.34. The van der Waals surface area contributed by atoms with Crippen LogP contribution in [0.1, 0.15) is 32.3 Å². The fourth-order valence-electron chi connectivity index (χ4n) is 3.09. The van der Waals surface area contributed by atoms with Crippen LogP contribution in [0.25, 0.3) is 0 Å². The minimum atomic E-state index is -0.637. The molecule has 1 unspecified atom stereocenters. The third kappa shape index (κ3) is 5.54. The van der Waals surface area contributed by atoms with Crippen LogP contribution in [0.2, 0.25) is 0 Å². The molecule has 0 bridgehead atoms. The van der Waals surface area contributed by atoms with Crippen LogP contribution in [-0.4, -0.2) is 56.9 Å². The molecule has 0 saturated heterocycles. The molecule has 2 rings (SSSR count). The molecule has 1 aliphatic rings. The minimum absolute atomic E-state index is 0.218. The minimum Gasteiger partial charge on any atom is -0.463 e. The molecule has 7 nitrogen and oxygen atoms in total. The Hall–Kier alpha value is -2.93. The van der Waals surface area contributed by atoms with Gasteiger partial charge in [0.1, 0.15) is 5.82 Å². The Labute approximate surface area is 172 Å². The highest BCUT2D eigenvalue weighted by Gasteiger charge is 2.39. The monoisotopic (exact) mass is 399 g/mol. The third-order valence-electron chi connectivity index (χ3n) is 4.33. The van der Waals surface area contributed by atoms with Crippen LogP contribution in [0.5, 0.6) is 0 Å². The van der Waals surface area contributed by atoms with E-state index in [2.05, 4.69) is 10.3 Å². The number of nitrogens with one attached hydrogen (secondary N) is 1. The Kier molecular flexibility index (Phi) is 8.15. The first-order valence-corrected chi connectivity index (χ1v) is 9.69. The van der Waals surface area contributed by atoms with Crippen molar-refractivity contribution in [3.63, 3.8) is 0 Å². The molecule has 7 heteroatoms. The number of carbonyl (C=O) groups is 2. The number of aliphatic imine (C=N–C) groups is 1. The number of rotatable bonds is 8. The lowest BCUT2D eigenvalue weighted by Gasteiger charge is -2.30. The number of carbonyl (C=O) groups excluding carboxylic acids is 2. The zero-order valence-corrected chi connectivity index (χ0v) is 17.7. The molecule has 1 atom stereocenters. The Morgan fingerprint density at radius 3 is 2.21 bits per heavy atom. The summed E-state index contributed by atoms with van der Waals surface area (Å²) in [6.07, 6.45) is 1.71. The predicted molar refractivity (Wildman–Crippen MR) is 112 cm³/mol. The van der Waals surface area contributed by atoms with Crippen LogP contribution in [-0.2, 0) is 19.1 Å². The van der Waals surface area contributed by atoms with Gasteiger partial charge in [-0.05, 0) is 40.4 Å². The second-order valence-electron chi connectivity index (χ2n) is 6.78. The van der Waals surface area contributed by atoms with Gasteiger partial charge in [0, 0.05) is 18.5 Å². The van der Waals surface area contributed by atoms with Crippen LogP contribution in [0.3, 0.4) is 0 Å². The molecule has 156 valence electrons. The van der Waals surface area contributed by atoms with E-state index in [0.717, 1.165) is 5.56 Å². The van der Waals surface area contributed by atoms with Gasteiger partial charge >= 0.3 is 11.9 Å². The van der Waals surface area contributed by atoms with Crippen molar-refractivity contribution in [1.82, 2.24) is 10.2 Å². The van der Waals surface area contributed by atoms with Crippen LogP contribution in [0, 0.1) is 0 Å². The van der Waals surface area contributed by atoms with Crippen molar-refractivity contribution < 1.29 is 19.1 Å². The summed E-state index contributed by atoms with van der Waals surface area (Å²) < 4.78 is 10.6. The summed E-state index contributed by atoms with van der Waals surface area (Å²) in [7, 11) is 3.86. The fourth-order valence-corrected chi connectivity index (χ4v) is 3.09. The highest BCUT2D eigenvalue weighted by Crippen LogP contribution is 2.39. The summed E-state index contributed by atoms with van der Waals surface area (Å²) >= 11 is 0. The highest BCUT2D eigenvalue weighted by molar-refractivity contribution is 6.00.